The predicted molar refractivity (Wildman–Crippen MR) is 98.5 cm³/mol. The molecule has 2 aromatic rings. The van der Waals surface area contributed by atoms with Crippen LogP contribution in [0.25, 0.3) is 0 Å². The molecular weight excluding hydrogens is 306 g/mol. The van der Waals surface area contributed by atoms with Crippen LogP contribution in [0.5, 0.6) is 0 Å². The zero-order valence-electron chi connectivity index (χ0n) is 14.1. The standard InChI is InChI=1S/C18H21N3OS/c1-12(22)21-15-8-6-13(19(2)3)10-17(15)23-18-11-14(20(4)5)7-9-16(18)21/h6-11H,1-5H3. The molecule has 1 amide bonds. The van der Waals surface area contributed by atoms with Gasteiger partial charge >= 0.3 is 0 Å². The highest BCUT2D eigenvalue weighted by Crippen LogP contribution is 2.50. The van der Waals surface area contributed by atoms with Gasteiger partial charge in [-0.05, 0) is 36.4 Å². The number of carbonyl (C=O) groups is 1. The van der Waals surface area contributed by atoms with Crippen LogP contribution in [0.2, 0.25) is 0 Å². The summed E-state index contributed by atoms with van der Waals surface area (Å²) in [5.74, 6) is 0.0306. The molecule has 1 aliphatic rings. The van der Waals surface area contributed by atoms with Crippen LogP contribution in [0.1, 0.15) is 6.92 Å². The van der Waals surface area contributed by atoms with Gasteiger partial charge in [0.05, 0.1) is 11.4 Å². The minimum absolute atomic E-state index is 0.0306. The zero-order valence-corrected chi connectivity index (χ0v) is 14.9. The normalized spacial score (nSPS) is 12.5. The first kappa shape index (κ1) is 15.7. The van der Waals surface area contributed by atoms with E-state index >= 15 is 0 Å². The summed E-state index contributed by atoms with van der Waals surface area (Å²) < 4.78 is 0. The Bertz CT molecular complexity index is 713. The van der Waals surface area contributed by atoms with Gasteiger partial charge in [-0.1, -0.05) is 11.8 Å². The van der Waals surface area contributed by atoms with E-state index in [0.717, 1.165) is 32.5 Å². The average molecular weight is 327 g/mol. The molecule has 5 heteroatoms. The van der Waals surface area contributed by atoms with Gasteiger partial charge in [0.15, 0.2) is 0 Å². The van der Waals surface area contributed by atoms with E-state index in [4.69, 9.17) is 0 Å². The minimum Gasteiger partial charge on any atom is -0.378 e. The Morgan fingerprint density at radius 1 is 0.870 bits per heavy atom. The van der Waals surface area contributed by atoms with Crippen LogP contribution in [-0.2, 0) is 4.79 Å². The summed E-state index contributed by atoms with van der Waals surface area (Å²) in [4.78, 5) is 20.4. The first-order valence-electron chi connectivity index (χ1n) is 7.50. The van der Waals surface area contributed by atoms with Crippen molar-refractivity contribution >= 4 is 40.4 Å². The lowest BCUT2D eigenvalue weighted by atomic mass is 10.2. The van der Waals surface area contributed by atoms with Gasteiger partial charge in [-0.2, -0.15) is 0 Å². The number of benzene rings is 2. The second-order valence-corrected chi connectivity index (χ2v) is 7.13. The topological polar surface area (TPSA) is 26.8 Å². The lowest BCUT2D eigenvalue weighted by Gasteiger charge is -2.32. The Morgan fingerprint density at radius 2 is 1.30 bits per heavy atom. The van der Waals surface area contributed by atoms with E-state index in [1.54, 1.807) is 23.6 Å². The molecule has 0 bridgehead atoms. The fraction of sp³-hybridized carbons (Fsp3) is 0.278. The van der Waals surface area contributed by atoms with Gasteiger partial charge in [0, 0.05) is 56.3 Å². The summed E-state index contributed by atoms with van der Waals surface area (Å²) in [5, 5.41) is 0. The van der Waals surface area contributed by atoms with Crippen molar-refractivity contribution in [3.8, 4) is 0 Å². The predicted octanol–water partition coefficient (Wildman–Crippen LogP) is 3.97. The molecule has 0 saturated heterocycles. The second-order valence-electron chi connectivity index (χ2n) is 6.05. The van der Waals surface area contributed by atoms with Crippen molar-refractivity contribution in [1.29, 1.82) is 0 Å². The molecule has 0 aromatic heterocycles. The lowest BCUT2D eigenvalue weighted by molar-refractivity contribution is -0.115. The maximum atomic E-state index is 12.3. The van der Waals surface area contributed by atoms with Crippen LogP contribution in [0, 0.1) is 0 Å². The summed E-state index contributed by atoms with van der Waals surface area (Å²) in [5.41, 5.74) is 4.18. The largest absolute Gasteiger partial charge is 0.378 e. The molecule has 2 aromatic carbocycles. The van der Waals surface area contributed by atoms with E-state index in [-0.39, 0.29) is 5.91 Å². The van der Waals surface area contributed by atoms with E-state index in [2.05, 4.69) is 34.1 Å². The van der Waals surface area contributed by atoms with Crippen LogP contribution in [0.15, 0.2) is 46.2 Å². The first-order valence-corrected chi connectivity index (χ1v) is 8.31. The van der Waals surface area contributed by atoms with Crippen LogP contribution >= 0.6 is 11.8 Å². The van der Waals surface area contributed by atoms with E-state index in [1.165, 1.54) is 0 Å². The third-order valence-electron chi connectivity index (χ3n) is 3.94. The van der Waals surface area contributed by atoms with E-state index in [1.807, 2.05) is 40.3 Å². The summed E-state index contributed by atoms with van der Waals surface area (Å²) >= 11 is 1.72. The number of hydrogen-bond acceptors (Lipinski definition) is 4. The van der Waals surface area contributed by atoms with Crippen molar-refractivity contribution in [2.75, 3.05) is 42.9 Å². The molecule has 1 aliphatic heterocycles. The zero-order chi connectivity index (χ0) is 16.7. The van der Waals surface area contributed by atoms with Crippen molar-refractivity contribution in [2.45, 2.75) is 16.7 Å². The fourth-order valence-corrected chi connectivity index (χ4v) is 3.81. The first-order chi connectivity index (χ1) is 10.9. The summed E-state index contributed by atoms with van der Waals surface area (Å²) in [6.45, 7) is 1.61. The smallest absolute Gasteiger partial charge is 0.228 e. The summed E-state index contributed by atoms with van der Waals surface area (Å²) in [6, 6.07) is 12.4. The Kier molecular flexibility index (Phi) is 3.98. The molecule has 0 saturated carbocycles. The van der Waals surface area contributed by atoms with Crippen LogP contribution in [-0.4, -0.2) is 34.1 Å². The van der Waals surface area contributed by atoms with Gasteiger partial charge in [0.2, 0.25) is 5.91 Å². The third kappa shape index (κ3) is 2.77. The Morgan fingerprint density at radius 3 is 1.65 bits per heavy atom. The van der Waals surface area contributed by atoms with Gasteiger partial charge in [-0.3, -0.25) is 9.69 Å². The number of amides is 1. The van der Waals surface area contributed by atoms with Gasteiger partial charge in [0.1, 0.15) is 0 Å². The molecule has 0 N–H and O–H groups in total. The maximum absolute atomic E-state index is 12.3. The molecule has 3 rings (SSSR count). The fourth-order valence-electron chi connectivity index (χ4n) is 2.68. The van der Waals surface area contributed by atoms with Gasteiger partial charge < -0.3 is 9.80 Å². The van der Waals surface area contributed by atoms with Crippen LogP contribution < -0.4 is 14.7 Å². The molecule has 0 atom stereocenters. The monoisotopic (exact) mass is 327 g/mol. The molecule has 120 valence electrons. The maximum Gasteiger partial charge on any atom is 0.228 e. The number of nitrogens with zero attached hydrogens (tertiary/aromatic N) is 3. The van der Waals surface area contributed by atoms with E-state index < -0.39 is 0 Å². The SMILES string of the molecule is CC(=O)N1c2ccc(N(C)C)cc2Sc2cc(N(C)C)ccc21. The number of carbonyl (C=O) groups excluding carboxylic acids is 1. The van der Waals surface area contributed by atoms with Crippen molar-refractivity contribution in [3.63, 3.8) is 0 Å². The number of hydrogen-bond donors (Lipinski definition) is 0. The van der Waals surface area contributed by atoms with Gasteiger partial charge in [-0.15, -0.1) is 0 Å². The molecule has 0 aliphatic carbocycles. The number of rotatable bonds is 2. The summed E-state index contributed by atoms with van der Waals surface area (Å²) in [7, 11) is 8.10. The lowest BCUT2D eigenvalue weighted by Crippen LogP contribution is -2.26. The minimum atomic E-state index is 0.0306. The Labute approximate surface area is 141 Å². The quantitative estimate of drug-likeness (QED) is 0.834. The molecule has 0 unspecified atom stereocenters. The molecule has 23 heavy (non-hydrogen) atoms. The van der Waals surface area contributed by atoms with E-state index in [0.29, 0.717) is 0 Å². The molecule has 1 heterocycles. The second kappa shape index (κ2) is 5.81. The van der Waals surface area contributed by atoms with Crippen molar-refractivity contribution in [3.05, 3.63) is 36.4 Å². The Balaban J connectivity index is 2.15. The van der Waals surface area contributed by atoms with E-state index in [9.17, 15) is 4.79 Å². The van der Waals surface area contributed by atoms with Crippen molar-refractivity contribution in [1.82, 2.24) is 0 Å². The van der Waals surface area contributed by atoms with Crippen LogP contribution in [0.3, 0.4) is 0 Å². The molecular formula is C18H21N3OS. The molecule has 0 radical (unpaired) electrons. The number of fused-ring (bicyclic) bond motifs is 2. The molecule has 0 spiro atoms. The van der Waals surface area contributed by atoms with Gasteiger partial charge in [0.25, 0.3) is 0 Å². The van der Waals surface area contributed by atoms with Crippen molar-refractivity contribution < 1.29 is 4.79 Å². The third-order valence-corrected chi connectivity index (χ3v) is 5.03. The highest BCUT2D eigenvalue weighted by atomic mass is 32.2. The Hall–Kier alpha value is -2.14. The van der Waals surface area contributed by atoms with Gasteiger partial charge in [-0.25, -0.2) is 0 Å². The molecule has 4 nitrogen and oxygen atoms in total. The van der Waals surface area contributed by atoms with Crippen molar-refractivity contribution in [2.24, 2.45) is 0 Å². The molecule has 0 fully saturated rings. The highest BCUT2D eigenvalue weighted by molar-refractivity contribution is 7.99. The number of anilines is 4. The summed E-state index contributed by atoms with van der Waals surface area (Å²) in [6.07, 6.45) is 0. The van der Waals surface area contributed by atoms with Crippen LogP contribution in [0.4, 0.5) is 22.7 Å². The average Bonchev–Trinajstić information content (AvgIpc) is 2.50. The highest BCUT2D eigenvalue weighted by Gasteiger charge is 2.27.